The molecule has 0 aromatic heterocycles. The quantitative estimate of drug-likeness (QED) is 0.759. The van der Waals surface area contributed by atoms with Gasteiger partial charge in [-0.25, -0.2) is 0 Å². The smallest absolute Gasteiger partial charge is 0.310 e. The molecule has 1 atom stereocenters. The number of esters is 1. The van der Waals surface area contributed by atoms with E-state index in [0.29, 0.717) is 13.2 Å². The number of cyclic esters (lactones) is 1. The summed E-state index contributed by atoms with van der Waals surface area (Å²) in [5.41, 5.74) is 1.06. The molecule has 1 aliphatic heterocycles. The number of nitrogens with zero attached hydrogens (tertiary/aromatic N) is 1. The van der Waals surface area contributed by atoms with E-state index in [0.717, 1.165) is 17.1 Å². The van der Waals surface area contributed by atoms with Gasteiger partial charge in [-0.3, -0.25) is 4.79 Å². The Kier molecular flexibility index (Phi) is 3.34. The molecule has 1 aliphatic rings. The minimum Gasteiger partial charge on any atom is -0.465 e. The van der Waals surface area contributed by atoms with Crippen molar-refractivity contribution in [3.8, 4) is 0 Å². The van der Waals surface area contributed by atoms with Gasteiger partial charge in [0.1, 0.15) is 0 Å². The van der Waals surface area contributed by atoms with Gasteiger partial charge in [0.2, 0.25) is 0 Å². The maximum absolute atomic E-state index is 11.3. The van der Waals surface area contributed by atoms with Gasteiger partial charge in [-0.15, -0.1) is 0 Å². The molecule has 3 nitrogen and oxygen atoms in total. The normalized spacial score (nSPS) is 19.6. The lowest BCUT2D eigenvalue weighted by Crippen LogP contribution is -2.27. The largest absolute Gasteiger partial charge is 0.465 e. The van der Waals surface area contributed by atoms with Crippen LogP contribution in [0, 0.1) is 5.92 Å². The zero-order valence-electron chi connectivity index (χ0n) is 9.15. The van der Waals surface area contributed by atoms with E-state index in [4.69, 9.17) is 16.3 Å². The summed E-state index contributed by atoms with van der Waals surface area (Å²) in [5, 5.41) is 0.720. The standard InChI is InChI=1S/C12H14ClNO2/c1-14(8-9-6-7-16-12(9)15)11-4-2-10(13)3-5-11/h2-5,9H,6-8H2,1H3/t9-/m1/s1. The second-order valence-electron chi connectivity index (χ2n) is 4.01. The first kappa shape index (κ1) is 11.3. The highest BCUT2D eigenvalue weighted by Gasteiger charge is 2.27. The molecule has 0 N–H and O–H groups in total. The number of rotatable bonds is 3. The lowest BCUT2D eigenvalue weighted by Gasteiger charge is -2.21. The molecule has 0 radical (unpaired) electrons. The van der Waals surface area contributed by atoms with Crippen molar-refractivity contribution >= 4 is 23.3 Å². The van der Waals surface area contributed by atoms with Crippen molar-refractivity contribution < 1.29 is 9.53 Å². The fourth-order valence-electron chi connectivity index (χ4n) is 1.83. The number of halogens is 1. The summed E-state index contributed by atoms with van der Waals surface area (Å²) in [6, 6.07) is 7.59. The molecule has 4 heteroatoms. The molecule has 0 bridgehead atoms. The average Bonchev–Trinajstić information content (AvgIpc) is 2.65. The highest BCUT2D eigenvalue weighted by Crippen LogP contribution is 2.21. The van der Waals surface area contributed by atoms with Crippen molar-refractivity contribution in [2.75, 3.05) is 25.1 Å². The third-order valence-electron chi connectivity index (χ3n) is 2.81. The summed E-state index contributed by atoms with van der Waals surface area (Å²) in [6.45, 7) is 1.25. The predicted octanol–water partition coefficient (Wildman–Crippen LogP) is 2.34. The average molecular weight is 240 g/mol. The maximum atomic E-state index is 11.3. The molecule has 1 aromatic rings. The van der Waals surface area contributed by atoms with Crippen molar-refractivity contribution in [3.05, 3.63) is 29.3 Å². The predicted molar refractivity (Wildman–Crippen MR) is 63.8 cm³/mol. The Bertz CT molecular complexity index is 377. The van der Waals surface area contributed by atoms with Crippen molar-refractivity contribution in [1.29, 1.82) is 0 Å². The number of hydrogen-bond acceptors (Lipinski definition) is 3. The fourth-order valence-corrected chi connectivity index (χ4v) is 1.96. The number of ether oxygens (including phenoxy) is 1. The molecule has 0 unspecified atom stereocenters. The molecular weight excluding hydrogens is 226 g/mol. The molecular formula is C12H14ClNO2. The van der Waals surface area contributed by atoms with Crippen LogP contribution in [-0.2, 0) is 9.53 Å². The third kappa shape index (κ3) is 2.47. The zero-order chi connectivity index (χ0) is 11.5. The van der Waals surface area contributed by atoms with Crippen LogP contribution in [-0.4, -0.2) is 26.2 Å². The molecule has 1 aromatic carbocycles. The summed E-state index contributed by atoms with van der Waals surface area (Å²) in [6.07, 6.45) is 0.816. The van der Waals surface area contributed by atoms with E-state index in [1.54, 1.807) is 0 Å². The topological polar surface area (TPSA) is 29.5 Å². The SMILES string of the molecule is CN(C[C@H]1CCOC1=O)c1ccc(Cl)cc1. The number of anilines is 1. The molecule has 2 rings (SSSR count). The Labute approximate surface area is 100.0 Å². The zero-order valence-corrected chi connectivity index (χ0v) is 9.91. The monoisotopic (exact) mass is 239 g/mol. The van der Waals surface area contributed by atoms with Crippen molar-refractivity contribution in [1.82, 2.24) is 0 Å². The van der Waals surface area contributed by atoms with E-state index in [9.17, 15) is 4.79 Å². The van der Waals surface area contributed by atoms with Gasteiger partial charge >= 0.3 is 5.97 Å². The van der Waals surface area contributed by atoms with E-state index in [-0.39, 0.29) is 11.9 Å². The van der Waals surface area contributed by atoms with Gasteiger partial charge in [0.15, 0.2) is 0 Å². The van der Waals surface area contributed by atoms with Crippen LogP contribution in [0.3, 0.4) is 0 Å². The molecule has 0 aliphatic carbocycles. The fraction of sp³-hybridized carbons (Fsp3) is 0.417. The van der Waals surface area contributed by atoms with Gasteiger partial charge in [-0.05, 0) is 30.7 Å². The number of carbonyl (C=O) groups excluding carboxylic acids is 1. The first-order valence-corrected chi connectivity index (χ1v) is 5.68. The van der Waals surface area contributed by atoms with E-state index in [1.807, 2.05) is 36.2 Å². The molecule has 0 amide bonds. The van der Waals surface area contributed by atoms with Crippen molar-refractivity contribution in [3.63, 3.8) is 0 Å². The van der Waals surface area contributed by atoms with Gasteiger partial charge in [-0.1, -0.05) is 11.6 Å². The number of hydrogen-bond donors (Lipinski definition) is 0. The third-order valence-corrected chi connectivity index (χ3v) is 3.06. The summed E-state index contributed by atoms with van der Waals surface area (Å²) >= 11 is 5.82. The van der Waals surface area contributed by atoms with E-state index in [2.05, 4.69) is 0 Å². The van der Waals surface area contributed by atoms with Crippen molar-refractivity contribution in [2.45, 2.75) is 6.42 Å². The van der Waals surface area contributed by atoms with Crippen molar-refractivity contribution in [2.24, 2.45) is 5.92 Å². The van der Waals surface area contributed by atoms with Crippen LogP contribution in [0.4, 0.5) is 5.69 Å². The molecule has 0 spiro atoms. The molecule has 1 heterocycles. The first-order chi connectivity index (χ1) is 7.66. The van der Waals surface area contributed by atoms with E-state index in [1.165, 1.54) is 0 Å². The summed E-state index contributed by atoms with van der Waals surface area (Å²) in [4.78, 5) is 13.4. The molecule has 0 saturated carbocycles. The molecule has 16 heavy (non-hydrogen) atoms. The maximum Gasteiger partial charge on any atom is 0.310 e. The van der Waals surface area contributed by atoms with E-state index >= 15 is 0 Å². The van der Waals surface area contributed by atoms with Crippen LogP contribution in [0.25, 0.3) is 0 Å². The van der Waals surface area contributed by atoms with Gasteiger partial charge < -0.3 is 9.64 Å². The Morgan fingerprint density at radius 1 is 1.44 bits per heavy atom. The van der Waals surface area contributed by atoms with Gasteiger partial charge in [-0.2, -0.15) is 0 Å². The number of carbonyl (C=O) groups is 1. The van der Waals surface area contributed by atoms with Crippen LogP contribution in [0.1, 0.15) is 6.42 Å². The van der Waals surface area contributed by atoms with Gasteiger partial charge in [0, 0.05) is 24.3 Å². The van der Waals surface area contributed by atoms with Crippen LogP contribution in [0.5, 0.6) is 0 Å². The van der Waals surface area contributed by atoms with Crippen LogP contribution < -0.4 is 4.90 Å². The second-order valence-corrected chi connectivity index (χ2v) is 4.45. The molecule has 1 fully saturated rings. The Hall–Kier alpha value is -1.22. The Morgan fingerprint density at radius 3 is 2.69 bits per heavy atom. The Morgan fingerprint density at radius 2 is 2.12 bits per heavy atom. The number of benzene rings is 1. The minimum absolute atomic E-state index is 0.000628. The molecule has 86 valence electrons. The lowest BCUT2D eigenvalue weighted by molar-refractivity contribution is -0.140. The minimum atomic E-state index is -0.0826. The molecule has 1 saturated heterocycles. The van der Waals surface area contributed by atoms with E-state index < -0.39 is 0 Å². The summed E-state index contributed by atoms with van der Waals surface area (Å²) < 4.78 is 4.93. The van der Waals surface area contributed by atoms with Gasteiger partial charge in [0.25, 0.3) is 0 Å². The Balaban J connectivity index is 1.99. The summed E-state index contributed by atoms with van der Waals surface area (Å²) in [5.74, 6) is -0.0820. The van der Waals surface area contributed by atoms with Crippen LogP contribution in [0.15, 0.2) is 24.3 Å². The first-order valence-electron chi connectivity index (χ1n) is 5.30. The highest BCUT2D eigenvalue weighted by atomic mass is 35.5. The summed E-state index contributed by atoms with van der Waals surface area (Å²) in [7, 11) is 1.97. The second kappa shape index (κ2) is 4.74. The highest BCUT2D eigenvalue weighted by molar-refractivity contribution is 6.30. The lowest BCUT2D eigenvalue weighted by atomic mass is 10.1. The van der Waals surface area contributed by atoms with Crippen LogP contribution in [0.2, 0.25) is 5.02 Å². The van der Waals surface area contributed by atoms with Crippen LogP contribution >= 0.6 is 11.6 Å². The van der Waals surface area contributed by atoms with Gasteiger partial charge in [0.05, 0.1) is 12.5 Å².